The number of rotatable bonds is 8. The molecule has 0 aliphatic carbocycles. The van der Waals surface area contributed by atoms with E-state index in [2.05, 4.69) is 15.7 Å². The molecule has 0 unspecified atom stereocenters. The van der Waals surface area contributed by atoms with Crippen LogP contribution in [0.3, 0.4) is 0 Å². The number of carbonyl (C=O) groups excluding carboxylic acids is 3. The van der Waals surface area contributed by atoms with Crippen molar-refractivity contribution < 1.29 is 23.2 Å². The third kappa shape index (κ3) is 5.85. The Morgan fingerprint density at radius 1 is 0.919 bits per heavy atom. The van der Waals surface area contributed by atoms with Gasteiger partial charge in [0.1, 0.15) is 11.6 Å². The lowest BCUT2D eigenvalue weighted by atomic mass is 10.0. The molecule has 4 aromatic rings. The maximum atomic E-state index is 14.8. The van der Waals surface area contributed by atoms with Crippen LogP contribution in [0.25, 0.3) is 16.8 Å². The maximum Gasteiger partial charge on any atom is 0.316 e. The van der Waals surface area contributed by atoms with Gasteiger partial charge < -0.3 is 22.1 Å². The van der Waals surface area contributed by atoms with E-state index in [0.29, 0.717) is 22.4 Å². The van der Waals surface area contributed by atoms with Crippen molar-refractivity contribution >= 4 is 23.4 Å². The Kier molecular flexibility index (Phi) is 7.35. The quantitative estimate of drug-likeness (QED) is 0.272. The van der Waals surface area contributed by atoms with Gasteiger partial charge in [-0.2, -0.15) is 5.10 Å². The molecule has 188 valence electrons. The molecule has 11 heteroatoms. The van der Waals surface area contributed by atoms with E-state index in [1.165, 1.54) is 47.3 Å². The van der Waals surface area contributed by atoms with E-state index in [1.54, 1.807) is 30.3 Å². The molecule has 4 rings (SSSR count). The van der Waals surface area contributed by atoms with Gasteiger partial charge in [0, 0.05) is 6.54 Å². The summed E-state index contributed by atoms with van der Waals surface area (Å²) in [5.74, 6) is -2.15. The highest BCUT2D eigenvalue weighted by Crippen LogP contribution is 2.25. The first-order valence-corrected chi connectivity index (χ1v) is 11.1. The molecule has 0 aliphatic rings. The first-order chi connectivity index (χ1) is 17.7. The number of primary amides is 1. The molecule has 3 amide bonds. The molecular weight excluding hydrogens is 482 g/mol. The van der Waals surface area contributed by atoms with Crippen LogP contribution in [-0.4, -0.2) is 34.0 Å². The van der Waals surface area contributed by atoms with Crippen LogP contribution in [0.4, 0.5) is 19.3 Å². The predicted octanol–water partition coefficient (Wildman–Crippen LogP) is 3.38. The number of amides is 3. The van der Waals surface area contributed by atoms with Gasteiger partial charge in [-0.05, 0) is 53.1 Å². The van der Waals surface area contributed by atoms with E-state index in [1.807, 2.05) is 0 Å². The highest BCUT2D eigenvalue weighted by atomic mass is 19.1. The zero-order chi connectivity index (χ0) is 26.5. The SMILES string of the molecule is NCC(=O)c1nn(-c2ccc(-c3ccc(C(=O)NCc4ccc(F)cc4)c(F)c3)cc2)cc1NC(N)=O. The van der Waals surface area contributed by atoms with Crippen LogP contribution in [0.1, 0.15) is 26.4 Å². The predicted molar refractivity (Wildman–Crippen MR) is 133 cm³/mol. The lowest BCUT2D eigenvalue weighted by Gasteiger charge is -2.09. The number of benzene rings is 3. The number of carbonyl (C=O) groups is 3. The number of Topliss-reactive ketones (excluding diaryl/α,β-unsaturated/α-hetero) is 1. The number of ketones is 1. The number of halogens is 2. The summed E-state index contributed by atoms with van der Waals surface area (Å²) >= 11 is 0. The molecule has 6 N–H and O–H groups in total. The molecule has 0 bridgehead atoms. The van der Waals surface area contributed by atoms with Crippen LogP contribution in [0.15, 0.2) is 72.9 Å². The highest BCUT2D eigenvalue weighted by molar-refractivity contribution is 6.03. The molecule has 0 radical (unpaired) electrons. The monoisotopic (exact) mass is 504 g/mol. The standard InChI is InChI=1S/C26H22F2N6O3/c27-18-6-1-15(2-7-18)13-31-25(36)20-10-5-17(11-21(20)28)16-3-8-19(9-4-16)34-14-22(32-26(30)37)24(33-34)23(35)12-29/h1-11,14H,12-13,29H2,(H,31,36)(H3,30,32,37). The zero-order valence-corrected chi connectivity index (χ0v) is 19.4. The van der Waals surface area contributed by atoms with Gasteiger partial charge in [0.2, 0.25) is 0 Å². The lowest BCUT2D eigenvalue weighted by molar-refractivity contribution is 0.0945. The first-order valence-electron chi connectivity index (χ1n) is 11.1. The van der Waals surface area contributed by atoms with Crippen LogP contribution in [0.5, 0.6) is 0 Å². The van der Waals surface area contributed by atoms with Crippen molar-refractivity contribution in [1.82, 2.24) is 15.1 Å². The Morgan fingerprint density at radius 3 is 2.22 bits per heavy atom. The third-order valence-corrected chi connectivity index (χ3v) is 5.47. The van der Waals surface area contributed by atoms with Crippen LogP contribution < -0.4 is 22.1 Å². The second-order valence-electron chi connectivity index (χ2n) is 8.00. The summed E-state index contributed by atoms with van der Waals surface area (Å²) in [4.78, 5) is 35.7. The Hall–Kier alpha value is -4.90. The highest BCUT2D eigenvalue weighted by Gasteiger charge is 2.18. The minimum atomic E-state index is -0.851. The summed E-state index contributed by atoms with van der Waals surface area (Å²) in [5.41, 5.74) is 13.0. The van der Waals surface area contributed by atoms with Gasteiger partial charge in [0.15, 0.2) is 11.5 Å². The van der Waals surface area contributed by atoms with Crippen LogP contribution >= 0.6 is 0 Å². The number of hydrogen-bond donors (Lipinski definition) is 4. The molecule has 3 aromatic carbocycles. The zero-order valence-electron chi connectivity index (χ0n) is 19.4. The normalized spacial score (nSPS) is 10.7. The van der Waals surface area contributed by atoms with Crippen molar-refractivity contribution in [2.24, 2.45) is 11.5 Å². The summed E-state index contributed by atoms with van der Waals surface area (Å²) in [6.07, 6.45) is 1.43. The smallest absolute Gasteiger partial charge is 0.316 e. The molecule has 0 fully saturated rings. The van der Waals surface area contributed by atoms with E-state index in [-0.39, 0.29) is 35.9 Å². The number of nitrogens with two attached hydrogens (primary N) is 2. The Balaban J connectivity index is 1.50. The summed E-state index contributed by atoms with van der Waals surface area (Å²) in [6.45, 7) is -0.167. The van der Waals surface area contributed by atoms with E-state index >= 15 is 0 Å². The molecule has 0 spiro atoms. The molecule has 0 saturated heterocycles. The molecule has 0 aliphatic heterocycles. The van der Waals surface area contributed by atoms with Gasteiger partial charge in [0.25, 0.3) is 5.91 Å². The van der Waals surface area contributed by atoms with Gasteiger partial charge in [-0.1, -0.05) is 30.3 Å². The Labute approximate surface area is 210 Å². The van der Waals surface area contributed by atoms with Crippen molar-refractivity contribution in [3.05, 3.63) is 101 Å². The second kappa shape index (κ2) is 10.8. The maximum absolute atomic E-state index is 14.8. The summed E-state index contributed by atoms with van der Waals surface area (Å²) in [7, 11) is 0. The molecule has 0 atom stereocenters. The molecule has 37 heavy (non-hydrogen) atoms. The largest absolute Gasteiger partial charge is 0.351 e. The van der Waals surface area contributed by atoms with Gasteiger partial charge in [-0.25, -0.2) is 18.3 Å². The van der Waals surface area contributed by atoms with Gasteiger partial charge >= 0.3 is 6.03 Å². The summed E-state index contributed by atoms with van der Waals surface area (Å²) < 4.78 is 29.2. The number of anilines is 1. The van der Waals surface area contributed by atoms with E-state index in [0.717, 1.165) is 0 Å². The number of hydrogen-bond acceptors (Lipinski definition) is 5. The van der Waals surface area contributed by atoms with Crippen molar-refractivity contribution in [1.29, 1.82) is 0 Å². The fourth-order valence-electron chi connectivity index (χ4n) is 3.60. The summed E-state index contributed by atoms with van der Waals surface area (Å²) in [5, 5.41) is 9.15. The average Bonchev–Trinajstić information content (AvgIpc) is 3.30. The minimum Gasteiger partial charge on any atom is -0.351 e. The molecule has 0 saturated carbocycles. The number of urea groups is 1. The van der Waals surface area contributed by atoms with Crippen molar-refractivity contribution in [3.63, 3.8) is 0 Å². The van der Waals surface area contributed by atoms with Gasteiger partial charge in [-0.3, -0.25) is 9.59 Å². The molecular formula is C26H22F2N6O3. The molecule has 1 heterocycles. The van der Waals surface area contributed by atoms with Gasteiger partial charge in [-0.15, -0.1) is 0 Å². The van der Waals surface area contributed by atoms with Crippen molar-refractivity contribution in [2.75, 3.05) is 11.9 Å². The fourth-order valence-corrected chi connectivity index (χ4v) is 3.60. The van der Waals surface area contributed by atoms with Crippen LogP contribution in [0, 0.1) is 11.6 Å². The third-order valence-electron chi connectivity index (χ3n) is 5.47. The number of aromatic nitrogens is 2. The lowest BCUT2D eigenvalue weighted by Crippen LogP contribution is -2.23. The van der Waals surface area contributed by atoms with Crippen LogP contribution in [-0.2, 0) is 6.54 Å². The second-order valence-corrected chi connectivity index (χ2v) is 8.00. The minimum absolute atomic E-state index is 0.0271. The fraction of sp³-hybridized carbons (Fsp3) is 0.0769. The van der Waals surface area contributed by atoms with Gasteiger partial charge in [0.05, 0.1) is 29.7 Å². The Morgan fingerprint density at radius 2 is 1.59 bits per heavy atom. The van der Waals surface area contributed by atoms with E-state index < -0.39 is 23.5 Å². The van der Waals surface area contributed by atoms with E-state index in [4.69, 9.17) is 11.5 Å². The first kappa shape index (κ1) is 25.2. The number of nitrogens with one attached hydrogen (secondary N) is 2. The average molecular weight is 504 g/mol. The topological polar surface area (TPSA) is 145 Å². The number of nitrogens with zero attached hydrogens (tertiary/aromatic N) is 2. The van der Waals surface area contributed by atoms with Crippen molar-refractivity contribution in [2.45, 2.75) is 6.54 Å². The molecule has 1 aromatic heterocycles. The van der Waals surface area contributed by atoms with Crippen LogP contribution in [0.2, 0.25) is 0 Å². The molecule has 9 nitrogen and oxygen atoms in total. The van der Waals surface area contributed by atoms with Crippen molar-refractivity contribution in [3.8, 4) is 16.8 Å². The summed E-state index contributed by atoms with van der Waals surface area (Å²) in [6, 6.07) is 15.8. The Bertz CT molecular complexity index is 1470. The van der Waals surface area contributed by atoms with E-state index in [9.17, 15) is 23.2 Å².